The van der Waals surface area contributed by atoms with Gasteiger partial charge < -0.3 is 20.4 Å². The zero-order valence-electron chi connectivity index (χ0n) is 18.2. The van der Waals surface area contributed by atoms with Crippen molar-refractivity contribution in [2.45, 2.75) is 18.6 Å². The van der Waals surface area contributed by atoms with Crippen LogP contribution in [0.25, 0.3) is 5.70 Å². The molecule has 4 rings (SSSR count). The normalized spacial score (nSPS) is 18.0. The molecular weight excluding hydrogens is 446 g/mol. The van der Waals surface area contributed by atoms with Crippen LogP contribution in [-0.2, 0) is 0 Å². The number of nitrogens with two attached hydrogens (primary N) is 2. The molecule has 1 atom stereocenters. The quantitative estimate of drug-likeness (QED) is 0.505. The van der Waals surface area contributed by atoms with Gasteiger partial charge in [0, 0.05) is 31.9 Å². The number of hydrazine groups is 1. The second kappa shape index (κ2) is 9.32. The molecular formula is C22H22F2N8O2. The van der Waals surface area contributed by atoms with Gasteiger partial charge in [0.05, 0.1) is 48.4 Å². The van der Waals surface area contributed by atoms with Crippen molar-refractivity contribution < 1.29 is 18.3 Å². The lowest BCUT2D eigenvalue weighted by atomic mass is 10.0. The third-order valence-electron chi connectivity index (χ3n) is 5.33. The van der Waals surface area contributed by atoms with Crippen molar-refractivity contribution in [3.05, 3.63) is 65.1 Å². The van der Waals surface area contributed by atoms with E-state index in [4.69, 9.17) is 21.6 Å². The molecule has 0 bridgehead atoms. The number of aromatic nitrogens is 1. The fourth-order valence-corrected chi connectivity index (χ4v) is 3.69. The molecule has 1 unspecified atom stereocenters. The van der Waals surface area contributed by atoms with Crippen molar-refractivity contribution in [3.63, 3.8) is 0 Å². The van der Waals surface area contributed by atoms with Crippen LogP contribution in [0.3, 0.4) is 0 Å². The molecule has 2 aromatic rings. The first-order valence-electron chi connectivity index (χ1n) is 10.3. The molecule has 0 aliphatic carbocycles. The molecule has 2 amide bonds. The van der Waals surface area contributed by atoms with E-state index in [-0.39, 0.29) is 30.1 Å². The fraction of sp³-hybridized carbons (Fsp3) is 0.273. The number of nitriles is 1. The lowest BCUT2D eigenvalue weighted by Gasteiger charge is -2.41. The first-order chi connectivity index (χ1) is 16.2. The maximum absolute atomic E-state index is 14.2. The lowest BCUT2D eigenvalue weighted by Crippen LogP contribution is -2.58. The molecule has 3 heterocycles. The van der Waals surface area contributed by atoms with Gasteiger partial charge in [-0.25, -0.2) is 24.4 Å². The van der Waals surface area contributed by atoms with E-state index in [1.54, 1.807) is 13.3 Å². The molecule has 0 radical (unpaired) electrons. The molecule has 1 aromatic carbocycles. The number of benzene rings is 1. The van der Waals surface area contributed by atoms with Crippen LogP contribution in [-0.4, -0.2) is 58.4 Å². The van der Waals surface area contributed by atoms with Gasteiger partial charge in [-0.3, -0.25) is 4.98 Å². The summed E-state index contributed by atoms with van der Waals surface area (Å²) >= 11 is 0. The highest BCUT2D eigenvalue weighted by atomic mass is 19.1. The zero-order chi connectivity index (χ0) is 24.4. The Labute approximate surface area is 194 Å². The minimum atomic E-state index is -0.661. The smallest absolute Gasteiger partial charge is 0.341 e. The summed E-state index contributed by atoms with van der Waals surface area (Å²) in [5.41, 5.74) is 7.07. The number of nitrogens with zero attached hydrogens (tertiary/aromatic N) is 6. The predicted molar refractivity (Wildman–Crippen MR) is 118 cm³/mol. The number of carbonyl (C=O) groups excluding carboxylic acids is 1. The molecule has 1 saturated heterocycles. The summed E-state index contributed by atoms with van der Waals surface area (Å²) in [4.78, 5) is 18.4. The monoisotopic (exact) mass is 468 g/mol. The Kier molecular flexibility index (Phi) is 6.29. The van der Waals surface area contributed by atoms with Crippen molar-refractivity contribution >= 4 is 17.9 Å². The van der Waals surface area contributed by atoms with Crippen molar-refractivity contribution in [2.75, 3.05) is 20.1 Å². The highest BCUT2D eigenvalue weighted by Gasteiger charge is 2.39. The van der Waals surface area contributed by atoms with E-state index in [1.807, 2.05) is 6.07 Å². The van der Waals surface area contributed by atoms with Crippen molar-refractivity contribution in [1.82, 2.24) is 19.9 Å². The van der Waals surface area contributed by atoms with Gasteiger partial charge in [0.25, 0.3) is 0 Å². The van der Waals surface area contributed by atoms with Crippen LogP contribution >= 0.6 is 0 Å². The summed E-state index contributed by atoms with van der Waals surface area (Å²) in [6, 6.07) is 6.31. The van der Waals surface area contributed by atoms with Gasteiger partial charge in [-0.2, -0.15) is 10.4 Å². The number of halogens is 2. The Morgan fingerprint density at radius 1 is 1.32 bits per heavy atom. The van der Waals surface area contributed by atoms with E-state index < -0.39 is 29.8 Å². The molecule has 12 heteroatoms. The van der Waals surface area contributed by atoms with Crippen LogP contribution in [0.15, 0.2) is 41.8 Å². The average Bonchev–Trinajstić information content (AvgIpc) is 3.25. The van der Waals surface area contributed by atoms with Crippen molar-refractivity contribution in [2.24, 2.45) is 16.7 Å². The Balaban J connectivity index is 1.40. The van der Waals surface area contributed by atoms with Crippen molar-refractivity contribution in [3.8, 4) is 11.8 Å². The summed E-state index contributed by atoms with van der Waals surface area (Å²) < 4.78 is 33.8. The van der Waals surface area contributed by atoms with Gasteiger partial charge >= 0.3 is 6.03 Å². The second-order valence-corrected chi connectivity index (χ2v) is 7.96. The van der Waals surface area contributed by atoms with Crippen LogP contribution < -0.4 is 16.3 Å². The van der Waals surface area contributed by atoms with Gasteiger partial charge in [0.2, 0.25) is 0 Å². The minimum absolute atomic E-state index is 0.0426. The maximum Gasteiger partial charge on any atom is 0.341 e. The molecule has 34 heavy (non-hydrogen) atoms. The lowest BCUT2D eigenvalue weighted by molar-refractivity contribution is 0.0256. The second-order valence-electron chi connectivity index (χ2n) is 7.96. The standard InChI is InChI=1S/C22H22F2N8O2/c1-30(27)12-18(26)19-7-21(17(24)9-28-19)34-16-10-31(11-16)22(33)32-20(2-3-29-32)14-4-13(8-25)5-15(23)6-14/h3-7,9,12,16,20H,2,10-11,26-27H2,1H3/b18-12-. The van der Waals surface area contributed by atoms with E-state index >= 15 is 0 Å². The Morgan fingerprint density at radius 2 is 2.09 bits per heavy atom. The Morgan fingerprint density at radius 3 is 2.79 bits per heavy atom. The number of hydrazone groups is 1. The number of rotatable bonds is 5. The molecule has 4 N–H and O–H groups in total. The molecule has 10 nitrogen and oxygen atoms in total. The number of carbonyl (C=O) groups is 1. The van der Waals surface area contributed by atoms with Crippen LogP contribution in [0.1, 0.15) is 29.3 Å². The van der Waals surface area contributed by atoms with E-state index in [9.17, 15) is 13.6 Å². The number of amides is 2. The molecule has 2 aliphatic rings. The number of ether oxygens (including phenoxy) is 1. The molecule has 0 saturated carbocycles. The number of pyridine rings is 1. The first kappa shape index (κ1) is 22.9. The number of hydrogen-bond acceptors (Lipinski definition) is 8. The topological polar surface area (TPSA) is 137 Å². The predicted octanol–water partition coefficient (Wildman–Crippen LogP) is 1.91. The van der Waals surface area contributed by atoms with Crippen LogP contribution in [0.4, 0.5) is 13.6 Å². The fourth-order valence-electron chi connectivity index (χ4n) is 3.69. The van der Waals surface area contributed by atoms with Gasteiger partial charge in [0.15, 0.2) is 11.6 Å². The molecule has 0 spiro atoms. The van der Waals surface area contributed by atoms with Crippen molar-refractivity contribution in [1.29, 1.82) is 5.26 Å². The molecule has 2 aliphatic heterocycles. The largest absolute Gasteiger partial charge is 0.483 e. The van der Waals surface area contributed by atoms with Gasteiger partial charge in [-0.15, -0.1) is 0 Å². The first-order valence-corrected chi connectivity index (χ1v) is 10.3. The molecule has 176 valence electrons. The molecule has 1 fully saturated rings. The summed E-state index contributed by atoms with van der Waals surface area (Å²) in [5.74, 6) is 4.27. The maximum atomic E-state index is 14.2. The zero-order valence-corrected chi connectivity index (χ0v) is 18.2. The van der Waals surface area contributed by atoms with E-state index in [0.29, 0.717) is 17.7 Å². The third kappa shape index (κ3) is 4.74. The number of urea groups is 1. The van der Waals surface area contributed by atoms with Gasteiger partial charge in [-0.1, -0.05) is 0 Å². The third-order valence-corrected chi connectivity index (χ3v) is 5.33. The number of likely N-dealkylation sites (tertiary alicyclic amines) is 1. The van der Waals surface area contributed by atoms with Crippen LogP contribution in [0, 0.1) is 23.0 Å². The summed E-state index contributed by atoms with van der Waals surface area (Å²) in [6.07, 6.45) is 3.95. The molecule has 1 aromatic heterocycles. The van der Waals surface area contributed by atoms with E-state index in [2.05, 4.69) is 10.1 Å². The van der Waals surface area contributed by atoms with Gasteiger partial charge in [-0.05, 0) is 23.8 Å². The Hall–Kier alpha value is -4.24. The highest BCUT2D eigenvalue weighted by molar-refractivity contribution is 5.79. The minimum Gasteiger partial charge on any atom is -0.483 e. The van der Waals surface area contributed by atoms with Crippen LogP contribution in [0.5, 0.6) is 5.75 Å². The summed E-state index contributed by atoms with van der Waals surface area (Å²) in [6.45, 7) is 0.413. The Bertz CT molecular complexity index is 1200. The van der Waals surface area contributed by atoms with E-state index in [1.165, 1.54) is 39.3 Å². The average molecular weight is 468 g/mol. The summed E-state index contributed by atoms with van der Waals surface area (Å²) in [5, 5.41) is 15.7. The van der Waals surface area contributed by atoms with E-state index in [0.717, 1.165) is 12.3 Å². The summed E-state index contributed by atoms with van der Waals surface area (Å²) in [7, 11) is 1.58. The SMILES string of the molecule is CN(N)/C=C(\N)c1cc(OC2CN(C(=O)N3N=CCC3c3cc(F)cc(C#N)c3)C2)c(F)cn1. The number of hydrogen-bond donors (Lipinski definition) is 2. The highest BCUT2D eigenvalue weighted by Crippen LogP contribution is 2.32. The van der Waals surface area contributed by atoms with Gasteiger partial charge in [0.1, 0.15) is 11.9 Å². The van der Waals surface area contributed by atoms with Crippen LogP contribution in [0.2, 0.25) is 0 Å².